The van der Waals surface area contributed by atoms with Crippen molar-refractivity contribution in [3.63, 3.8) is 0 Å². The van der Waals surface area contributed by atoms with Crippen LogP contribution in [0.1, 0.15) is 24.1 Å². The topological polar surface area (TPSA) is 46.2 Å². The van der Waals surface area contributed by atoms with Crippen LogP contribution in [0.15, 0.2) is 30.3 Å². The molecule has 70 valence electrons. The van der Waals surface area contributed by atoms with E-state index in [2.05, 4.69) is 0 Å². The molecule has 0 fully saturated rings. The van der Waals surface area contributed by atoms with Crippen LogP contribution in [-0.2, 0) is 0 Å². The fourth-order valence-electron chi connectivity index (χ4n) is 1.26. The summed E-state index contributed by atoms with van der Waals surface area (Å²) in [4.78, 5) is 0. The zero-order valence-electron chi connectivity index (χ0n) is 7.77. The Morgan fingerprint density at radius 3 is 2.77 bits per heavy atom. The van der Waals surface area contributed by atoms with Crippen LogP contribution >= 0.6 is 0 Å². The van der Waals surface area contributed by atoms with Gasteiger partial charge in [0.1, 0.15) is 0 Å². The Kier molecular flexibility index (Phi) is 3.68. The second kappa shape index (κ2) is 4.80. The first kappa shape index (κ1) is 9.96. The molecule has 0 aliphatic heterocycles. The van der Waals surface area contributed by atoms with Crippen LogP contribution in [0.5, 0.6) is 0 Å². The number of aliphatic hydroxyl groups excluding tert-OH is 1. The highest BCUT2D eigenvalue weighted by Crippen LogP contribution is 2.16. The van der Waals surface area contributed by atoms with Gasteiger partial charge in [-0.2, -0.15) is 0 Å². The molecule has 0 aromatic heterocycles. The average Bonchev–Trinajstić information content (AvgIpc) is 2.15. The van der Waals surface area contributed by atoms with Crippen molar-refractivity contribution in [2.75, 3.05) is 6.61 Å². The molecular weight excluding hydrogens is 162 g/mol. The summed E-state index contributed by atoms with van der Waals surface area (Å²) in [5.41, 5.74) is 7.97. The van der Waals surface area contributed by atoms with Gasteiger partial charge in [-0.25, -0.2) is 0 Å². The molecule has 1 aromatic rings. The SMILES string of the molecule is C[C@H](N)c1ccccc1/C=C/CO. The Hall–Kier alpha value is -1.12. The van der Waals surface area contributed by atoms with Crippen molar-refractivity contribution < 1.29 is 5.11 Å². The molecule has 1 rings (SSSR count). The van der Waals surface area contributed by atoms with Gasteiger partial charge in [0.15, 0.2) is 0 Å². The van der Waals surface area contributed by atoms with Gasteiger partial charge < -0.3 is 10.8 Å². The van der Waals surface area contributed by atoms with Crippen molar-refractivity contribution in [2.45, 2.75) is 13.0 Å². The summed E-state index contributed by atoms with van der Waals surface area (Å²) in [5, 5.41) is 8.64. The number of hydrogen-bond donors (Lipinski definition) is 2. The standard InChI is InChI=1S/C11H15NO/c1-9(12)11-7-3-2-5-10(11)6-4-8-13/h2-7,9,13H,8,12H2,1H3/b6-4+/t9-/m0/s1. The highest BCUT2D eigenvalue weighted by molar-refractivity contribution is 5.54. The molecule has 0 saturated heterocycles. The molecule has 0 heterocycles. The molecule has 3 N–H and O–H groups in total. The first-order valence-electron chi connectivity index (χ1n) is 4.37. The maximum absolute atomic E-state index is 8.64. The van der Waals surface area contributed by atoms with Gasteiger partial charge in [-0.05, 0) is 18.1 Å². The third-order valence-corrected chi connectivity index (χ3v) is 1.89. The van der Waals surface area contributed by atoms with E-state index in [1.165, 1.54) is 0 Å². The first-order chi connectivity index (χ1) is 6.25. The molecule has 2 heteroatoms. The molecule has 0 unspecified atom stereocenters. The van der Waals surface area contributed by atoms with Gasteiger partial charge >= 0.3 is 0 Å². The molecule has 0 saturated carbocycles. The minimum atomic E-state index is 0.0274. The zero-order valence-corrected chi connectivity index (χ0v) is 7.77. The lowest BCUT2D eigenvalue weighted by Crippen LogP contribution is -2.06. The average molecular weight is 177 g/mol. The monoisotopic (exact) mass is 177 g/mol. The van der Waals surface area contributed by atoms with Crippen LogP contribution in [0.3, 0.4) is 0 Å². The van der Waals surface area contributed by atoms with Crippen LogP contribution in [-0.4, -0.2) is 11.7 Å². The molecule has 0 aliphatic rings. The largest absolute Gasteiger partial charge is 0.392 e. The fourth-order valence-corrected chi connectivity index (χ4v) is 1.26. The van der Waals surface area contributed by atoms with E-state index in [1.54, 1.807) is 6.08 Å². The first-order valence-corrected chi connectivity index (χ1v) is 4.37. The fraction of sp³-hybridized carbons (Fsp3) is 0.273. The maximum atomic E-state index is 8.64. The molecule has 0 spiro atoms. The second-order valence-corrected chi connectivity index (χ2v) is 3.00. The minimum Gasteiger partial charge on any atom is -0.392 e. The van der Waals surface area contributed by atoms with Gasteiger partial charge in [0.05, 0.1) is 6.61 Å². The van der Waals surface area contributed by atoms with Crippen molar-refractivity contribution >= 4 is 6.08 Å². The van der Waals surface area contributed by atoms with E-state index in [1.807, 2.05) is 37.3 Å². The highest BCUT2D eigenvalue weighted by atomic mass is 16.2. The number of benzene rings is 1. The van der Waals surface area contributed by atoms with E-state index in [9.17, 15) is 0 Å². The quantitative estimate of drug-likeness (QED) is 0.738. The van der Waals surface area contributed by atoms with Crippen molar-refractivity contribution in [1.29, 1.82) is 0 Å². The highest BCUT2D eigenvalue weighted by Gasteiger charge is 2.01. The molecule has 1 aromatic carbocycles. The van der Waals surface area contributed by atoms with Crippen molar-refractivity contribution in [2.24, 2.45) is 5.73 Å². The second-order valence-electron chi connectivity index (χ2n) is 3.00. The summed E-state index contributed by atoms with van der Waals surface area (Å²) in [5.74, 6) is 0. The number of aliphatic hydroxyl groups is 1. The normalized spacial score (nSPS) is 13.5. The number of nitrogens with two attached hydrogens (primary N) is 1. The van der Waals surface area contributed by atoms with E-state index in [0.29, 0.717) is 0 Å². The van der Waals surface area contributed by atoms with Crippen molar-refractivity contribution in [3.05, 3.63) is 41.5 Å². The van der Waals surface area contributed by atoms with E-state index in [0.717, 1.165) is 11.1 Å². The lowest BCUT2D eigenvalue weighted by atomic mass is 10.0. The van der Waals surface area contributed by atoms with E-state index < -0.39 is 0 Å². The molecule has 13 heavy (non-hydrogen) atoms. The third-order valence-electron chi connectivity index (χ3n) is 1.89. The van der Waals surface area contributed by atoms with E-state index in [4.69, 9.17) is 10.8 Å². The number of rotatable bonds is 3. The Morgan fingerprint density at radius 2 is 2.15 bits per heavy atom. The summed E-state index contributed by atoms with van der Waals surface area (Å²) in [6.45, 7) is 2.01. The summed E-state index contributed by atoms with van der Waals surface area (Å²) in [7, 11) is 0. The van der Waals surface area contributed by atoms with Crippen LogP contribution in [0.2, 0.25) is 0 Å². The lowest BCUT2D eigenvalue weighted by Gasteiger charge is -2.08. The van der Waals surface area contributed by atoms with Crippen LogP contribution in [0.25, 0.3) is 6.08 Å². The summed E-state index contributed by atoms with van der Waals surface area (Å²) in [6, 6.07) is 7.95. The van der Waals surface area contributed by atoms with Gasteiger partial charge in [0.2, 0.25) is 0 Å². The number of hydrogen-bond acceptors (Lipinski definition) is 2. The molecule has 0 radical (unpaired) electrons. The van der Waals surface area contributed by atoms with Crippen LogP contribution in [0, 0.1) is 0 Å². The van der Waals surface area contributed by atoms with Gasteiger partial charge in [0.25, 0.3) is 0 Å². The Bertz CT molecular complexity index is 292. The van der Waals surface area contributed by atoms with Gasteiger partial charge in [-0.1, -0.05) is 36.4 Å². The minimum absolute atomic E-state index is 0.0274. The van der Waals surface area contributed by atoms with Gasteiger partial charge in [-0.3, -0.25) is 0 Å². The zero-order chi connectivity index (χ0) is 9.68. The Morgan fingerprint density at radius 1 is 1.46 bits per heavy atom. The van der Waals surface area contributed by atoms with Crippen LogP contribution < -0.4 is 5.73 Å². The summed E-state index contributed by atoms with van der Waals surface area (Å²) < 4.78 is 0. The third kappa shape index (κ3) is 2.68. The summed E-state index contributed by atoms with van der Waals surface area (Å²) in [6.07, 6.45) is 3.60. The molecule has 1 atom stereocenters. The van der Waals surface area contributed by atoms with Gasteiger partial charge in [-0.15, -0.1) is 0 Å². The lowest BCUT2D eigenvalue weighted by molar-refractivity contribution is 0.343. The summed E-state index contributed by atoms with van der Waals surface area (Å²) >= 11 is 0. The molecule has 0 amide bonds. The maximum Gasteiger partial charge on any atom is 0.0615 e. The Balaban J connectivity index is 2.97. The predicted molar refractivity (Wildman–Crippen MR) is 55.2 cm³/mol. The van der Waals surface area contributed by atoms with Crippen LogP contribution in [0.4, 0.5) is 0 Å². The van der Waals surface area contributed by atoms with Gasteiger partial charge in [0, 0.05) is 6.04 Å². The van der Waals surface area contributed by atoms with E-state index >= 15 is 0 Å². The van der Waals surface area contributed by atoms with E-state index in [-0.39, 0.29) is 12.6 Å². The Labute approximate surface area is 78.7 Å². The van der Waals surface area contributed by atoms with Crippen molar-refractivity contribution in [3.8, 4) is 0 Å². The predicted octanol–water partition coefficient (Wildman–Crippen LogP) is 1.71. The van der Waals surface area contributed by atoms with Crippen molar-refractivity contribution in [1.82, 2.24) is 0 Å². The molecule has 2 nitrogen and oxygen atoms in total. The smallest absolute Gasteiger partial charge is 0.0615 e. The molecular formula is C11H15NO. The molecule has 0 aliphatic carbocycles. The molecule has 0 bridgehead atoms.